The van der Waals surface area contributed by atoms with Gasteiger partial charge in [0.1, 0.15) is 0 Å². The van der Waals surface area contributed by atoms with Gasteiger partial charge in [-0.2, -0.15) is 0 Å². The molecule has 0 bridgehead atoms. The summed E-state index contributed by atoms with van der Waals surface area (Å²) in [6, 6.07) is 6.67. The fourth-order valence-electron chi connectivity index (χ4n) is 2.33. The van der Waals surface area contributed by atoms with Crippen molar-refractivity contribution in [3.8, 4) is 0 Å². The molecule has 1 aliphatic rings. The topological polar surface area (TPSA) is 38.9 Å². The summed E-state index contributed by atoms with van der Waals surface area (Å²) in [5.74, 6) is 0.589. The van der Waals surface area contributed by atoms with Gasteiger partial charge in [0.25, 0.3) is 0 Å². The lowest BCUT2D eigenvalue weighted by Crippen LogP contribution is -2.14. The zero-order valence-electron chi connectivity index (χ0n) is 8.82. The number of thiazole rings is 1. The molecule has 4 heteroatoms. The molecule has 0 amide bonds. The first kappa shape index (κ1) is 10.7. The maximum atomic E-state index is 5.95. The van der Waals surface area contributed by atoms with Crippen LogP contribution in [0.15, 0.2) is 22.7 Å². The smallest absolute Gasteiger partial charge is 0.0970 e. The van der Waals surface area contributed by atoms with E-state index in [1.165, 1.54) is 16.1 Å². The van der Waals surface area contributed by atoms with Crippen molar-refractivity contribution in [1.82, 2.24) is 4.98 Å². The number of benzene rings is 1. The highest BCUT2D eigenvalue weighted by molar-refractivity contribution is 9.10. The lowest BCUT2D eigenvalue weighted by Gasteiger charge is -2.03. The van der Waals surface area contributed by atoms with Gasteiger partial charge in [-0.1, -0.05) is 15.9 Å². The third-order valence-corrected chi connectivity index (χ3v) is 4.88. The highest BCUT2D eigenvalue weighted by Crippen LogP contribution is 2.37. The second-order valence-corrected chi connectivity index (χ2v) is 6.41. The molecule has 84 valence electrons. The number of nitrogens with two attached hydrogens (primary N) is 1. The first-order valence-electron chi connectivity index (χ1n) is 5.54. The monoisotopic (exact) mass is 296 g/mol. The van der Waals surface area contributed by atoms with Crippen LogP contribution in [0, 0.1) is 0 Å². The Morgan fingerprint density at radius 2 is 2.25 bits per heavy atom. The van der Waals surface area contributed by atoms with Crippen molar-refractivity contribution < 1.29 is 0 Å². The fraction of sp³-hybridized carbons (Fsp3) is 0.417. The quantitative estimate of drug-likeness (QED) is 0.872. The third-order valence-electron chi connectivity index (χ3n) is 3.19. The summed E-state index contributed by atoms with van der Waals surface area (Å²) < 4.78 is 2.37. The molecular weight excluding hydrogens is 284 g/mol. The lowest BCUT2D eigenvalue weighted by molar-refractivity contribution is 0.673. The van der Waals surface area contributed by atoms with Crippen LogP contribution in [0.4, 0.5) is 0 Å². The molecule has 1 aromatic carbocycles. The Morgan fingerprint density at radius 3 is 3.00 bits per heavy atom. The van der Waals surface area contributed by atoms with Crippen LogP contribution in [0.3, 0.4) is 0 Å². The predicted octanol–water partition coefficient (Wildman–Crippen LogP) is 3.65. The van der Waals surface area contributed by atoms with Crippen LogP contribution in [-0.2, 0) is 0 Å². The molecule has 1 aliphatic carbocycles. The van der Waals surface area contributed by atoms with Gasteiger partial charge in [0.15, 0.2) is 0 Å². The van der Waals surface area contributed by atoms with Crippen LogP contribution >= 0.6 is 27.3 Å². The minimum Gasteiger partial charge on any atom is -0.328 e. The van der Waals surface area contributed by atoms with E-state index in [0.717, 1.165) is 22.8 Å². The SMILES string of the molecule is N[C@H]1CC[C@@H](c2nc3cc(Br)ccc3s2)C1. The second kappa shape index (κ2) is 4.09. The molecular formula is C12H13BrN2S. The Kier molecular flexibility index (Phi) is 2.73. The number of fused-ring (bicyclic) bond motifs is 1. The summed E-state index contributed by atoms with van der Waals surface area (Å²) in [4.78, 5) is 4.72. The Morgan fingerprint density at radius 1 is 1.38 bits per heavy atom. The molecule has 2 aromatic rings. The number of hydrogen-bond donors (Lipinski definition) is 1. The van der Waals surface area contributed by atoms with Crippen molar-refractivity contribution in [2.75, 3.05) is 0 Å². The van der Waals surface area contributed by atoms with E-state index in [2.05, 4.69) is 34.1 Å². The molecule has 0 saturated heterocycles. The van der Waals surface area contributed by atoms with Gasteiger partial charge in [0.05, 0.1) is 15.2 Å². The molecule has 16 heavy (non-hydrogen) atoms. The second-order valence-electron chi connectivity index (χ2n) is 4.43. The lowest BCUT2D eigenvalue weighted by atomic mass is 10.1. The minimum atomic E-state index is 0.378. The average molecular weight is 297 g/mol. The van der Waals surface area contributed by atoms with Crippen LogP contribution < -0.4 is 5.73 Å². The molecule has 2 N–H and O–H groups in total. The predicted molar refractivity (Wildman–Crippen MR) is 71.9 cm³/mol. The maximum absolute atomic E-state index is 5.95. The summed E-state index contributed by atoms with van der Waals surface area (Å²) in [6.07, 6.45) is 3.44. The standard InChI is InChI=1S/C12H13BrN2S/c13-8-2-4-11-10(6-8)15-12(16-11)7-1-3-9(14)5-7/h2,4,6-7,9H,1,3,5,14H2/t7-,9+/m1/s1. The number of rotatable bonds is 1. The highest BCUT2D eigenvalue weighted by atomic mass is 79.9. The summed E-state index contributed by atoms with van der Waals surface area (Å²) >= 11 is 5.30. The molecule has 0 unspecified atom stereocenters. The van der Waals surface area contributed by atoms with E-state index in [1.807, 2.05) is 11.3 Å². The number of hydrogen-bond acceptors (Lipinski definition) is 3. The van der Waals surface area contributed by atoms with E-state index in [0.29, 0.717) is 12.0 Å². The first-order valence-corrected chi connectivity index (χ1v) is 7.15. The fourth-order valence-corrected chi connectivity index (χ4v) is 3.78. The van der Waals surface area contributed by atoms with Crippen molar-refractivity contribution in [2.45, 2.75) is 31.2 Å². The summed E-state index contributed by atoms with van der Waals surface area (Å²) in [7, 11) is 0. The van der Waals surface area contributed by atoms with Crippen molar-refractivity contribution in [1.29, 1.82) is 0 Å². The van der Waals surface area contributed by atoms with Crippen molar-refractivity contribution in [3.05, 3.63) is 27.7 Å². The zero-order chi connectivity index (χ0) is 11.1. The summed E-state index contributed by atoms with van der Waals surface area (Å²) in [6.45, 7) is 0. The van der Waals surface area contributed by atoms with E-state index in [9.17, 15) is 0 Å². The Balaban J connectivity index is 1.99. The number of nitrogens with zero attached hydrogens (tertiary/aromatic N) is 1. The maximum Gasteiger partial charge on any atom is 0.0970 e. The van der Waals surface area contributed by atoms with Gasteiger partial charge in [-0.05, 0) is 37.5 Å². The zero-order valence-corrected chi connectivity index (χ0v) is 11.2. The van der Waals surface area contributed by atoms with E-state index in [-0.39, 0.29) is 0 Å². The minimum absolute atomic E-state index is 0.378. The average Bonchev–Trinajstić information content (AvgIpc) is 2.83. The third kappa shape index (κ3) is 1.90. The van der Waals surface area contributed by atoms with Gasteiger partial charge in [0.2, 0.25) is 0 Å². The van der Waals surface area contributed by atoms with Gasteiger partial charge < -0.3 is 5.73 Å². The largest absolute Gasteiger partial charge is 0.328 e. The van der Waals surface area contributed by atoms with Crippen molar-refractivity contribution in [2.24, 2.45) is 5.73 Å². The van der Waals surface area contributed by atoms with E-state index in [4.69, 9.17) is 10.7 Å². The molecule has 0 aliphatic heterocycles. The van der Waals surface area contributed by atoms with E-state index < -0.39 is 0 Å². The Bertz CT molecular complexity index is 523. The number of halogens is 1. The van der Waals surface area contributed by atoms with Gasteiger partial charge in [-0.3, -0.25) is 0 Å². The van der Waals surface area contributed by atoms with Crippen molar-refractivity contribution >= 4 is 37.5 Å². The van der Waals surface area contributed by atoms with E-state index >= 15 is 0 Å². The molecule has 1 aromatic heterocycles. The van der Waals surface area contributed by atoms with Crippen LogP contribution in [0.2, 0.25) is 0 Å². The molecule has 3 rings (SSSR count). The normalized spacial score (nSPS) is 25.4. The van der Waals surface area contributed by atoms with Crippen LogP contribution in [0.5, 0.6) is 0 Å². The van der Waals surface area contributed by atoms with Crippen LogP contribution in [-0.4, -0.2) is 11.0 Å². The summed E-state index contributed by atoms with van der Waals surface area (Å²) in [5, 5.41) is 1.26. The highest BCUT2D eigenvalue weighted by Gasteiger charge is 2.25. The van der Waals surface area contributed by atoms with Gasteiger partial charge >= 0.3 is 0 Å². The van der Waals surface area contributed by atoms with Gasteiger partial charge in [0, 0.05) is 16.4 Å². The molecule has 1 heterocycles. The molecule has 0 spiro atoms. The number of aromatic nitrogens is 1. The Labute approximate surface area is 107 Å². The molecule has 1 fully saturated rings. The molecule has 1 saturated carbocycles. The van der Waals surface area contributed by atoms with Crippen molar-refractivity contribution in [3.63, 3.8) is 0 Å². The van der Waals surface area contributed by atoms with Crippen LogP contribution in [0.1, 0.15) is 30.2 Å². The van der Waals surface area contributed by atoms with Crippen LogP contribution in [0.25, 0.3) is 10.2 Å². The molecule has 2 nitrogen and oxygen atoms in total. The first-order chi connectivity index (χ1) is 7.72. The van der Waals surface area contributed by atoms with Gasteiger partial charge in [-0.15, -0.1) is 11.3 Å². The molecule has 0 radical (unpaired) electrons. The molecule has 2 atom stereocenters. The summed E-state index contributed by atoms with van der Waals surface area (Å²) in [5.41, 5.74) is 7.06. The van der Waals surface area contributed by atoms with E-state index in [1.54, 1.807) is 0 Å². The Hall–Kier alpha value is -0.450. The van der Waals surface area contributed by atoms with Gasteiger partial charge in [-0.25, -0.2) is 4.98 Å².